The Kier molecular flexibility index (Phi) is 8.06. The number of nitrogens with one attached hydrogen (secondary N) is 1. The zero-order valence-electron chi connectivity index (χ0n) is 17.0. The van der Waals surface area contributed by atoms with Crippen molar-refractivity contribution in [2.24, 2.45) is 0 Å². The third-order valence-electron chi connectivity index (χ3n) is 4.89. The lowest BCUT2D eigenvalue weighted by Gasteiger charge is -2.30. The SMILES string of the molecule is CC[C@H](C)NC(=O)[C@@H](C)N(Cc1cccc(Cl)c1)C(=O)Cc1ccc(C)cc1. The maximum atomic E-state index is 13.1. The molecule has 2 atom stereocenters. The molecule has 0 bridgehead atoms. The molecule has 0 unspecified atom stereocenters. The minimum absolute atomic E-state index is 0.0650. The Morgan fingerprint density at radius 3 is 2.36 bits per heavy atom. The molecule has 28 heavy (non-hydrogen) atoms. The van der Waals surface area contributed by atoms with Gasteiger partial charge in [0.1, 0.15) is 6.04 Å². The van der Waals surface area contributed by atoms with E-state index in [1.807, 2.05) is 63.2 Å². The summed E-state index contributed by atoms with van der Waals surface area (Å²) in [6.07, 6.45) is 1.09. The molecular formula is C23H29ClN2O2. The van der Waals surface area contributed by atoms with Crippen molar-refractivity contribution in [2.45, 2.75) is 59.2 Å². The Bertz CT molecular complexity index is 805. The molecule has 0 spiro atoms. The number of rotatable bonds is 8. The second kappa shape index (κ2) is 10.3. The molecule has 0 saturated heterocycles. The number of hydrogen-bond donors (Lipinski definition) is 1. The zero-order valence-corrected chi connectivity index (χ0v) is 17.8. The van der Waals surface area contributed by atoms with Gasteiger partial charge in [0.25, 0.3) is 0 Å². The summed E-state index contributed by atoms with van der Waals surface area (Å²) in [6.45, 7) is 8.09. The van der Waals surface area contributed by atoms with Gasteiger partial charge >= 0.3 is 0 Å². The van der Waals surface area contributed by atoms with Crippen molar-refractivity contribution in [1.82, 2.24) is 10.2 Å². The van der Waals surface area contributed by atoms with Crippen LogP contribution in [0.1, 0.15) is 43.9 Å². The molecular weight excluding hydrogens is 372 g/mol. The molecule has 2 amide bonds. The van der Waals surface area contributed by atoms with Crippen LogP contribution in [-0.2, 0) is 22.6 Å². The maximum Gasteiger partial charge on any atom is 0.242 e. The van der Waals surface area contributed by atoms with E-state index in [2.05, 4.69) is 5.32 Å². The molecule has 0 heterocycles. The van der Waals surface area contributed by atoms with Crippen molar-refractivity contribution in [3.8, 4) is 0 Å². The van der Waals surface area contributed by atoms with Gasteiger partial charge in [-0.25, -0.2) is 0 Å². The van der Waals surface area contributed by atoms with Gasteiger partial charge in [0, 0.05) is 17.6 Å². The van der Waals surface area contributed by atoms with Crippen LogP contribution in [0.4, 0.5) is 0 Å². The fraction of sp³-hybridized carbons (Fsp3) is 0.391. The van der Waals surface area contributed by atoms with Crippen LogP contribution < -0.4 is 5.32 Å². The first kappa shape index (κ1) is 22.0. The average Bonchev–Trinajstić information content (AvgIpc) is 2.67. The van der Waals surface area contributed by atoms with Crippen molar-refractivity contribution in [1.29, 1.82) is 0 Å². The molecule has 2 aromatic rings. The molecule has 0 aliphatic rings. The topological polar surface area (TPSA) is 49.4 Å². The highest BCUT2D eigenvalue weighted by molar-refractivity contribution is 6.30. The second-order valence-corrected chi connectivity index (χ2v) is 7.74. The fourth-order valence-electron chi connectivity index (χ4n) is 2.86. The van der Waals surface area contributed by atoms with Crippen molar-refractivity contribution in [2.75, 3.05) is 0 Å². The smallest absolute Gasteiger partial charge is 0.242 e. The van der Waals surface area contributed by atoms with Crippen LogP contribution in [0.2, 0.25) is 5.02 Å². The number of carbonyl (C=O) groups is 2. The van der Waals surface area contributed by atoms with Gasteiger partial charge in [0.15, 0.2) is 0 Å². The summed E-state index contributed by atoms with van der Waals surface area (Å²) in [6, 6.07) is 14.8. The minimum Gasteiger partial charge on any atom is -0.352 e. The van der Waals surface area contributed by atoms with Gasteiger partial charge in [-0.3, -0.25) is 9.59 Å². The summed E-state index contributed by atoms with van der Waals surface area (Å²) in [7, 11) is 0. The second-order valence-electron chi connectivity index (χ2n) is 7.31. The first-order chi connectivity index (χ1) is 13.3. The van der Waals surface area contributed by atoms with Crippen molar-refractivity contribution in [3.63, 3.8) is 0 Å². The Balaban J connectivity index is 2.22. The summed E-state index contributed by atoms with van der Waals surface area (Å²) in [5.74, 6) is -0.232. The quantitative estimate of drug-likeness (QED) is 0.708. The number of aryl methyl sites for hydroxylation is 1. The molecule has 0 aromatic heterocycles. The number of carbonyl (C=O) groups excluding carboxylic acids is 2. The predicted molar refractivity (Wildman–Crippen MR) is 114 cm³/mol. The number of hydrogen-bond acceptors (Lipinski definition) is 2. The predicted octanol–water partition coefficient (Wildman–Crippen LogP) is 4.52. The van der Waals surface area contributed by atoms with Gasteiger partial charge in [-0.2, -0.15) is 0 Å². The van der Waals surface area contributed by atoms with E-state index in [1.54, 1.807) is 17.9 Å². The summed E-state index contributed by atoms with van der Waals surface area (Å²) in [4.78, 5) is 27.4. The standard InChI is InChI=1S/C23H29ClN2O2/c1-5-17(3)25-23(28)18(4)26(15-20-7-6-8-21(24)13-20)22(27)14-19-11-9-16(2)10-12-19/h6-13,17-18H,5,14-15H2,1-4H3,(H,25,28)/t17-,18+/m0/s1. The first-order valence-electron chi connectivity index (χ1n) is 9.70. The Hall–Kier alpha value is -2.33. The van der Waals surface area contributed by atoms with E-state index in [-0.39, 0.29) is 24.3 Å². The monoisotopic (exact) mass is 400 g/mol. The molecule has 0 saturated carbocycles. The number of amides is 2. The van der Waals surface area contributed by atoms with Gasteiger partial charge in [-0.15, -0.1) is 0 Å². The normalized spacial score (nSPS) is 12.9. The van der Waals surface area contributed by atoms with E-state index in [9.17, 15) is 9.59 Å². The van der Waals surface area contributed by atoms with E-state index in [1.165, 1.54) is 0 Å². The molecule has 0 aliphatic heterocycles. The van der Waals surface area contributed by atoms with Crippen LogP contribution >= 0.6 is 11.6 Å². The average molecular weight is 401 g/mol. The Morgan fingerprint density at radius 1 is 1.07 bits per heavy atom. The Labute approximate surface area is 172 Å². The van der Waals surface area contributed by atoms with Crippen molar-refractivity contribution in [3.05, 3.63) is 70.2 Å². The molecule has 2 aromatic carbocycles. The van der Waals surface area contributed by atoms with Gasteiger partial charge < -0.3 is 10.2 Å². The summed E-state index contributed by atoms with van der Waals surface area (Å²) < 4.78 is 0. The minimum atomic E-state index is -0.578. The summed E-state index contributed by atoms with van der Waals surface area (Å²) >= 11 is 6.10. The highest BCUT2D eigenvalue weighted by Crippen LogP contribution is 2.16. The molecule has 0 radical (unpaired) electrons. The van der Waals surface area contributed by atoms with Crippen LogP contribution in [0, 0.1) is 6.92 Å². The van der Waals surface area contributed by atoms with Crippen molar-refractivity contribution >= 4 is 23.4 Å². The molecule has 5 heteroatoms. The van der Waals surface area contributed by atoms with E-state index in [0.717, 1.165) is 23.1 Å². The summed E-state index contributed by atoms with van der Waals surface area (Å²) in [5, 5.41) is 3.59. The Morgan fingerprint density at radius 2 is 1.75 bits per heavy atom. The van der Waals surface area contributed by atoms with Crippen LogP contribution in [0.5, 0.6) is 0 Å². The van der Waals surface area contributed by atoms with Gasteiger partial charge in [0.2, 0.25) is 11.8 Å². The van der Waals surface area contributed by atoms with Crippen LogP contribution in [0.3, 0.4) is 0 Å². The van der Waals surface area contributed by atoms with E-state index in [4.69, 9.17) is 11.6 Å². The number of halogens is 1. The lowest BCUT2D eigenvalue weighted by molar-refractivity contribution is -0.140. The highest BCUT2D eigenvalue weighted by atomic mass is 35.5. The zero-order chi connectivity index (χ0) is 20.7. The van der Waals surface area contributed by atoms with Crippen LogP contribution in [-0.4, -0.2) is 28.8 Å². The fourth-order valence-corrected chi connectivity index (χ4v) is 3.08. The molecule has 1 N–H and O–H groups in total. The molecule has 4 nitrogen and oxygen atoms in total. The van der Waals surface area contributed by atoms with E-state index >= 15 is 0 Å². The molecule has 0 aliphatic carbocycles. The molecule has 2 rings (SSSR count). The lowest BCUT2D eigenvalue weighted by Crippen LogP contribution is -2.49. The maximum absolute atomic E-state index is 13.1. The molecule has 0 fully saturated rings. The first-order valence-corrected chi connectivity index (χ1v) is 10.1. The largest absolute Gasteiger partial charge is 0.352 e. The lowest BCUT2D eigenvalue weighted by atomic mass is 10.1. The third kappa shape index (κ3) is 6.38. The molecule has 150 valence electrons. The van der Waals surface area contributed by atoms with Gasteiger partial charge in [-0.05, 0) is 50.5 Å². The summed E-state index contributed by atoms with van der Waals surface area (Å²) in [5.41, 5.74) is 2.97. The number of nitrogens with zero attached hydrogens (tertiary/aromatic N) is 1. The van der Waals surface area contributed by atoms with Crippen LogP contribution in [0.15, 0.2) is 48.5 Å². The van der Waals surface area contributed by atoms with Gasteiger partial charge in [-0.1, -0.05) is 60.5 Å². The third-order valence-corrected chi connectivity index (χ3v) is 5.12. The van der Waals surface area contributed by atoms with E-state index in [0.29, 0.717) is 11.6 Å². The number of benzene rings is 2. The highest BCUT2D eigenvalue weighted by Gasteiger charge is 2.26. The van der Waals surface area contributed by atoms with Crippen molar-refractivity contribution < 1.29 is 9.59 Å². The van der Waals surface area contributed by atoms with Crippen LogP contribution in [0.25, 0.3) is 0 Å². The van der Waals surface area contributed by atoms with E-state index < -0.39 is 6.04 Å². The van der Waals surface area contributed by atoms with Gasteiger partial charge in [0.05, 0.1) is 6.42 Å².